The van der Waals surface area contributed by atoms with E-state index in [9.17, 15) is 8.78 Å². The van der Waals surface area contributed by atoms with E-state index in [1.54, 1.807) is 7.05 Å². The van der Waals surface area contributed by atoms with Gasteiger partial charge in [-0.05, 0) is 17.7 Å². The van der Waals surface area contributed by atoms with Crippen LogP contribution in [0.3, 0.4) is 0 Å². The van der Waals surface area contributed by atoms with E-state index < -0.39 is 11.6 Å². The van der Waals surface area contributed by atoms with Crippen LogP contribution in [0.5, 0.6) is 0 Å². The van der Waals surface area contributed by atoms with Crippen molar-refractivity contribution in [1.82, 2.24) is 24.6 Å². The fourth-order valence-corrected chi connectivity index (χ4v) is 4.07. The average molecular weight is 435 g/mol. The van der Waals surface area contributed by atoms with Crippen LogP contribution in [0, 0.1) is 11.6 Å². The van der Waals surface area contributed by atoms with E-state index >= 15 is 0 Å². The van der Waals surface area contributed by atoms with Gasteiger partial charge in [-0.2, -0.15) is 10.1 Å². The minimum absolute atomic E-state index is 0.169. The number of nitrogen functional groups attached to an aromatic ring is 1. The van der Waals surface area contributed by atoms with Crippen molar-refractivity contribution in [1.29, 1.82) is 0 Å². The molecule has 0 saturated carbocycles. The van der Waals surface area contributed by atoms with Gasteiger partial charge in [-0.3, -0.25) is 9.58 Å². The number of aryl methyl sites for hydroxylation is 1. The first-order chi connectivity index (χ1) is 15.5. The summed E-state index contributed by atoms with van der Waals surface area (Å²) in [5.74, 6) is -0.552. The number of halogens is 2. The highest BCUT2D eigenvalue weighted by atomic mass is 19.1. The van der Waals surface area contributed by atoms with E-state index in [0.29, 0.717) is 28.5 Å². The van der Waals surface area contributed by atoms with Gasteiger partial charge in [0.15, 0.2) is 5.65 Å². The number of anilines is 2. The predicted molar refractivity (Wildman–Crippen MR) is 120 cm³/mol. The van der Waals surface area contributed by atoms with Gasteiger partial charge in [0.25, 0.3) is 0 Å². The molecule has 32 heavy (non-hydrogen) atoms. The van der Waals surface area contributed by atoms with Gasteiger partial charge < -0.3 is 10.6 Å². The molecular formula is C23H23F2N7. The van der Waals surface area contributed by atoms with Crippen molar-refractivity contribution in [2.45, 2.75) is 6.54 Å². The van der Waals surface area contributed by atoms with Crippen LogP contribution < -0.4 is 10.6 Å². The Bertz CT molecular complexity index is 1260. The molecule has 1 aliphatic rings. The number of rotatable bonds is 4. The third-order valence-corrected chi connectivity index (χ3v) is 5.82. The lowest BCUT2D eigenvalue weighted by atomic mass is 10.1. The Hall–Kier alpha value is -3.59. The van der Waals surface area contributed by atoms with Crippen LogP contribution in [0.25, 0.3) is 22.3 Å². The first-order valence-corrected chi connectivity index (χ1v) is 10.5. The van der Waals surface area contributed by atoms with Crippen LogP contribution in [0.2, 0.25) is 0 Å². The second kappa shape index (κ2) is 8.16. The lowest BCUT2D eigenvalue weighted by Crippen LogP contribution is -2.46. The van der Waals surface area contributed by atoms with Crippen LogP contribution in [-0.2, 0) is 13.6 Å². The van der Waals surface area contributed by atoms with Crippen LogP contribution in [0.15, 0.2) is 48.5 Å². The second-order valence-corrected chi connectivity index (χ2v) is 7.95. The minimum Gasteiger partial charge on any atom is -0.383 e. The molecule has 7 nitrogen and oxygen atoms in total. The Morgan fingerprint density at radius 2 is 1.72 bits per heavy atom. The van der Waals surface area contributed by atoms with Crippen molar-refractivity contribution < 1.29 is 8.78 Å². The van der Waals surface area contributed by atoms with Gasteiger partial charge >= 0.3 is 0 Å². The molecule has 0 atom stereocenters. The summed E-state index contributed by atoms with van der Waals surface area (Å²) in [5.41, 5.74) is 8.33. The molecule has 0 bridgehead atoms. The molecule has 2 aromatic carbocycles. The molecule has 0 amide bonds. The van der Waals surface area contributed by atoms with Gasteiger partial charge in [0.05, 0.1) is 11.1 Å². The molecule has 1 aliphatic heterocycles. The molecule has 2 aromatic heterocycles. The summed E-state index contributed by atoms with van der Waals surface area (Å²) in [6.07, 6.45) is 0. The first-order valence-electron chi connectivity index (χ1n) is 10.5. The third kappa shape index (κ3) is 3.75. The average Bonchev–Trinajstić information content (AvgIpc) is 3.08. The maximum Gasteiger partial charge on any atom is 0.228 e. The van der Waals surface area contributed by atoms with Crippen molar-refractivity contribution in [3.05, 3.63) is 65.7 Å². The lowest BCUT2D eigenvalue weighted by Gasteiger charge is -2.34. The Labute approximate surface area is 184 Å². The van der Waals surface area contributed by atoms with Gasteiger partial charge in [-0.1, -0.05) is 30.3 Å². The molecule has 4 aromatic rings. The molecule has 3 heterocycles. The normalized spacial score (nSPS) is 14.9. The molecule has 0 aliphatic carbocycles. The van der Waals surface area contributed by atoms with Crippen molar-refractivity contribution in [3.63, 3.8) is 0 Å². The maximum atomic E-state index is 14.6. The number of hydrogen-bond acceptors (Lipinski definition) is 6. The predicted octanol–water partition coefficient (Wildman–Crippen LogP) is 3.21. The van der Waals surface area contributed by atoms with E-state index in [-0.39, 0.29) is 5.56 Å². The summed E-state index contributed by atoms with van der Waals surface area (Å²) in [7, 11) is 1.70. The van der Waals surface area contributed by atoms with Gasteiger partial charge in [0.1, 0.15) is 17.5 Å². The van der Waals surface area contributed by atoms with Crippen LogP contribution >= 0.6 is 0 Å². The summed E-state index contributed by atoms with van der Waals surface area (Å²) < 4.78 is 29.6. The summed E-state index contributed by atoms with van der Waals surface area (Å²) in [6.45, 7) is 4.04. The quantitative estimate of drug-likeness (QED) is 0.531. The Balaban J connectivity index is 1.46. The van der Waals surface area contributed by atoms with E-state index in [0.717, 1.165) is 38.8 Å². The van der Waals surface area contributed by atoms with Crippen molar-refractivity contribution in [3.8, 4) is 11.3 Å². The molecular weight excluding hydrogens is 412 g/mol. The highest BCUT2D eigenvalue weighted by Gasteiger charge is 2.24. The maximum absolute atomic E-state index is 14.6. The highest BCUT2D eigenvalue weighted by Crippen LogP contribution is 2.33. The molecule has 2 N–H and O–H groups in total. The molecule has 0 spiro atoms. The number of fused-ring (bicyclic) bond motifs is 1. The van der Waals surface area contributed by atoms with Crippen LogP contribution in [0.1, 0.15) is 5.56 Å². The Kier molecular flexibility index (Phi) is 5.18. The Morgan fingerprint density at radius 1 is 0.969 bits per heavy atom. The number of aromatic nitrogens is 4. The van der Waals surface area contributed by atoms with Crippen LogP contribution in [-0.4, -0.2) is 50.8 Å². The zero-order valence-electron chi connectivity index (χ0n) is 17.7. The third-order valence-electron chi connectivity index (χ3n) is 5.82. The van der Waals surface area contributed by atoms with E-state index in [1.165, 1.54) is 22.4 Å². The van der Waals surface area contributed by atoms with Gasteiger partial charge in [0.2, 0.25) is 5.95 Å². The number of nitrogens with zero attached hydrogens (tertiary/aromatic N) is 6. The van der Waals surface area contributed by atoms with E-state index in [4.69, 9.17) is 5.73 Å². The van der Waals surface area contributed by atoms with Crippen molar-refractivity contribution in [2.75, 3.05) is 36.8 Å². The summed E-state index contributed by atoms with van der Waals surface area (Å²) in [5, 5.41) is 4.84. The van der Waals surface area contributed by atoms with Crippen molar-refractivity contribution >= 4 is 22.8 Å². The van der Waals surface area contributed by atoms with Gasteiger partial charge in [-0.25, -0.2) is 13.8 Å². The lowest BCUT2D eigenvalue weighted by molar-refractivity contribution is 0.249. The number of benzene rings is 2. The SMILES string of the molecule is Cn1nc2nc(N3CCN(Cc4ccccc4)CC3)nc(-c3ccc(F)cc3F)c2c1N. The van der Waals surface area contributed by atoms with E-state index in [2.05, 4.69) is 37.0 Å². The first kappa shape index (κ1) is 20.3. The molecule has 0 radical (unpaired) electrons. The fraction of sp³-hybridized carbons (Fsp3) is 0.261. The number of nitrogens with two attached hydrogens (primary N) is 1. The highest BCUT2D eigenvalue weighted by molar-refractivity contribution is 5.99. The molecule has 1 fully saturated rings. The zero-order chi connectivity index (χ0) is 22.2. The smallest absolute Gasteiger partial charge is 0.228 e. The van der Waals surface area contributed by atoms with Gasteiger partial charge in [-0.15, -0.1) is 0 Å². The standard InChI is InChI=1S/C23H23F2N7/c1-30-21(26)19-20(17-8-7-16(24)13-18(17)25)27-23(28-22(19)29-30)32-11-9-31(10-12-32)14-15-5-3-2-4-6-15/h2-8,13H,9-12,14,26H2,1H3. The summed E-state index contributed by atoms with van der Waals surface area (Å²) >= 11 is 0. The topological polar surface area (TPSA) is 76.1 Å². The molecule has 9 heteroatoms. The number of piperazine rings is 1. The van der Waals surface area contributed by atoms with E-state index in [1.807, 2.05) is 18.2 Å². The number of hydrogen-bond donors (Lipinski definition) is 1. The summed E-state index contributed by atoms with van der Waals surface area (Å²) in [6, 6.07) is 13.8. The fourth-order valence-electron chi connectivity index (χ4n) is 4.07. The van der Waals surface area contributed by atoms with Crippen LogP contribution in [0.4, 0.5) is 20.5 Å². The molecule has 1 saturated heterocycles. The largest absolute Gasteiger partial charge is 0.383 e. The minimum atomic E-state index is -0.702. The van der Waals surface area contributed by atoms with Crippen molar-refractivity contribution in [2.24, 2.45) is 7.05 Å². The van der Waals surface area contributed by atoms with Gasteiger partial charge in [0, 0.05) is 51.4 Å². The molecule has 164 valence electrons. The molecule has 5 rings (SSSR count). The second-order valence-electron chi connectivity index (χ2n) is 7.95. The molecule has 0 unspecified atom stereocenters. The summed E-state index contributed by atoms with van der Waals surface area (Å²) in [4.78, 5) is 13.7. The Morgan fingerprint density at radius 3 is 2.44 bits per heavy atom. The monoisotopic (exact) mass is 435 g/mol. The zero-order valence-corrected chi connectivity index (χ0v) is 17.7.